The minimum absolute atomic E-state index is 0.0406. The number of rotatable bonds is 6. The molecular weight excluding hydrogens is 502 g/mol. The summed E-state index contributed by atoms with van der Waals surface area (Å²) < 4.78 is 6.96. The van der Waals surface area contributed by atoms with E-state index in [-0.39, 0.29) is 23.6 Å². The number of hydrogen-bond donors (Lipinski definition) is 0. The zero-order valence-electron chi connectivity index (χ0n) is 21.7. The van der Waals surface area contributed by atoms with Crippen molar-refractivity contribution < 1.29 is 14.3 Å². The van der Waals surface area contributed by atoms with Gasteiger partial charge in [0.15, 0.2) is 5.16 Å². The molecule has 3 heterocycles. The number of carbonyl (C=O) groups is 2. The highest BCUT2D eigenvalue weighted by Crippen LogP contribution is 2.32. The summed E-state index contributed by atoms with van der Waals surface area (Å²) in [7, 11) is 0. The third kappa shape index (κ3) is 5.70. The molecule has 0 spiro atoms. The number of hydrogen-bond acceptors (Lipinski definition) is 7. The van der Waals surface area contributed by atoms with Crippen LogP contribution in [-0.4, -0.2) is 69.1 Å². The Morgan fingerprint density at radius 1 is 1.00 bits per heavy atom. The second-order valence-corrected chi connectivity index (χ2v) is 10.7. The van der Waals surface area contributed by atoms with Crippen molar-refractivity contribution in [1.82, 2.24) is 24.3 Å². The first-order valence-corrected chi connectivity index (χ1v) is 14.3. The number of carbonyl (C=O) groups excluding carboxylic acids is 2. The molecule has 10 heteroatoms. The molecule has 0 N–H and O–H groups in total. The Morgan fingerprint density at radius 2 is 1.71 bits per heavy atom. The summed E-state index contributed by atoms with van der Waals surface area (Å²) in [6, 6.07) is 9.28. The maximum Gasteiger partial charge on any atom is 0.409 e. The summed E-state index contributed by atoms with van der Waals surface area (Å²) in [6.45, 7) is 3.82. The van der Waals surface area contributed by atoms with Gasteiger partial charge >= 0.3 is 6.09 Å². The third-order valence-electron chi connectivity index (χ3n) is 7.27. The minimum Gasteiger partial charge on any atom is -0.450 e. The van der Waals surface area contributed by atoms with Crippen LogP contribution >= 0.6 is 11.8 Å². The first kappa shape index (κ1) is 26.2. The largest absolute Gasteiger partial charge is 0.450 e. The van der Waals surface area contributed by atoms with Crippen LogP contribution in [0.15, 0.2) is 52.7 Å². The van der Waals surface area contributed by atoms with E-state index < -0.39 is 0 Å². The van der Waals surface area contributed by atoms with Gasteiger partial charge in [-0.2, -0.15) is 0 Å². The van der Waals surface area contributed by atoms with E-state index in [1.807, 2.05) is 16.7 Å². The van der Waals surface area contributed by atoms with E-state index in [2.05, 4.69) is 4.98 Å². The highest BCUT2D eigenvalue weighted by Gasteiger charge is 2.27. The first-order chi connectivity index (χ1) is 18.5. The van der Waals surface area contributed by atoms with Crippen LogP contribution in [0.5, 0.6) is 0 Å². The van der Waals surface area contributed by atoms with Crippen molar-refractivity contribution >= 4 is 34.7 Å². The molecule has 1 saturated carbocycles. The van der Waals surface area contributed by atoms with Gasteiger partial charge in [-0.05, 0) is 55.7 Å². The molecule has 1 saturated heterocycles. The van der Waals surface area contributed by atoms with E-state index in [9.17, 15) is 14.4 Å². The van der Waals surface area contributed by atoms with E-state index in [1.165, 1.54) is 6.42 Å². The summed E-state index contributed by atoms with van der Waals surface area (Å²) in [4.78, 5) is 51.4. The third-order valence-corrected chi connectivity index (χ3v) is 8.29. The number of piperazine rings is 1. The number of amides is 2. The number of nitrogens with zero attached hydrogens (tertiary/aromatic N) is 5. The molecule has 2 amide bonds. The molecular formula is C28H33N5O4S. The van der Waals surface area contributed by atoms with Crippen molar-refractivity contribution in [3.63, 3.8) is 0 Å². The molecule has 3 aromatic rings. The van der Waals surface area contributed by atoms with Crippen LogP contribution in [0.2, 0.25) is 0 Å². The molecule has 0 bridgehead atoms. The van der Waals surface area contributed by atoms with Gasteiger partial charge < -0.3 is 14.5 Å². The van der Waals surface area contributed by atoms with Crippen LogP contribution in [0.3, 0.4) is 0 Å². The molecule has 2 fully saturated rings. The van der Waals surface area contributed by atoms with Gasteiger partial charge in [0.1, 0.15) is 0 Å². The molecule has 2 aliphatic rings. The zero-order valence-corrected chi connectivity index (χ0v) is 22.5. The van der Waals surface area contributed by atoms with Crippen molar-refractivity contribution in [3.8, 4) is 0 Å². The Labute approximate surface area is 226 Å². The molecule has 9 nitrogen and oxygen atoms in total. The van der Waals surface area contributed by atoms with Gasteiger partial charge in [0, 0.05) is 55.9 Å². The van der Waals surface area contributed by atoms with Crippen LogP contribution in [0.1, 0.15) is 61.0 Å². The summed E-state index contributed by atoms with van der Waals surface area (Å²) in [5.41, 5.74) is 2.10. The normalized spacial score (nSPS) is 16.6. The average molecular weight is 536 g/mol. The van der Waals surface area contributed by atoms with Crippen LogP contribution in [0, 0.1) is 0 Å². The van der Waals surface area contributed by atoms with Crippen molar-refractivity contribution in [2.45, 2.75) is 56.0 Å². The maximum atomic E-state index is 13.8. The summed E-state index contributed by atoms with van der Waals surface area (Å²) in [6.07, 6.45) is 8.56. The van der Waals surface area contributed by atoms with Gasteiger partial charge in [0.05, 0.1) is 17.5 Å². The Balaban J connectivity index is 1.42. The molecule has 0 radical (unpaired) electrons. The van der Waals surface area contributed by atoms with E-state index in [0.717, 1.165) is 31.2 Å². The van der Waals surface area contributed by atoms with Gasteiger partial charge in [0.25, 0.3) is 11.5 Å². The number of ether oxygens (including phenoxy) is 1. The molecule has 0 unspecified atom stereocenters. The Kier molecular flexibility index (Phi) is 8.26. The average Bonchev–Trinajstić information content (AvgIpc) is 2.96. The monoisotopic (exact) mass is 535 g/mol. The van der Waals surface area contributed by atoms with Gasteiger partial charge in [-0.1, -0.05) is 31.0 Å². The fourth-order valence-corrected chi connectivity index (χ4v) is 6.21. The molecule has 1 aliphatic carbocycles. The van der Waals surface area contributed by atoms with Crippen LogP contribution < -0.4 is 5.56 Å². The highest BCUT2D eigenvalue weighted by molar-refractivity contribution is 7.98. The molecule has 2 aromatic heterocycles. The van der Waals surface area contributed by atoms with Crippen molar-refractivity contribution in [2.24, 2.45) is 0 Å². The molecule has 1 aromatic carbocycles. The van der Waals surface area contributed by atoms with Crippen LogP contribution in [0.25, 0.3) is 10.9 Å². The van der Waals surface area contributed by atoms with E-state index in [4.69, 9.17) is 9.72 Å². The molecule has 1 aliphatic heterocycles. The van der Waals surface area contributed by atoms with Crippen molar-refractivity contribution in [2.75, 3.05) is 32.8 Å². The quantitative estimate of drug-likeness (QED) is 0.339. The lowest BCUT2D eigenvalue weighted by molar-refractivity contribution is 0.0570. The number of pyridine rings is 1. The Bertz CT molecular complexity index is 1350. The van der Waals surface area contributed by atoms with Crippen LogP contribution in [0.4, 0.5) is 4.79 Å². The topological polar surface area (TPSA) is 97.6 Å². The molecule has 38 heavy (non-hydrogen) atoms. The highest BCUT2D eigenvalue weighted by atomic mass is 32.2. The number of fused-ring (bicyclic) bond motifs is 1. The lowest BCUT2D eigenvalue weighted by atomic mass is 9.95. The van der Waals surface area contributed by atoms with Crippen molar-refractivity contribution in [3.05, 3.63) is 64.2 Å². The van der Waals surface area contributed by atoms with Gasteiger partial charge in [0.2, 0.25) is 0 Å². The molecule has 200 valence electrons. The van der Waals surface area contributed by atoms with Crippen LogP contribution in [-0.2, 0) is 10.5 Å². The van der Waals surface area contributed by atoms with Gasteiger partial charge in [-0.3, -0.25) is 19.1 Å². The maximum absolute atomic E-state index is 13.8. The van der Waals surface area contributed by atoms with Crippen molar-refractivity contribution in [1.29, 1.82) is 0 Å². The predicted octanol–water partition coefficient (Wildman–Crippen LogP) is 4.50. The fourth-order valence-electron chi connectivity index (χ4n) is 5.19. The summed E-state index contributed by atoms with van der Waals surface area (Å²) in [5.74, 6) is 0.552. The van der Waals surface area contributed by atoms with E-state index in [0.29, 0.717) is 60.2 Å². The summed E-state index contributed by atoms with van der Waals surface area (Å²) in [5, 5.41) is 1.23. The Morgan fingerprint density at radius 3 is 2.42 bits per heavy atom. The van der Waals surface area contributed by atoms with Gasteiger partial charge in [-0.15, -0.1) is 0 Å². The SMILES string of the molecule is CCOC(=O)N1CCN(C(=O)c2ccc3c(=O)n(C4CCCCC4)c(SCc4ccncc4)nc3c2)CC1. The number of aromatic nitrogens is 3. The minimum atomic E-state index is -0.347. The molecule has 5 rings (SSSR count). The second kappa shape index (κ2) is 12.0. The second-order valence-electron chi connectivity index (χ2n) is 9.72. The Hall–Kier alpha value is -3.40. The molecule has 0 atom stereocenters. The smallest absolute Gasteiger partial charge is 0.409 e. The summed E-state index contributed by atoms with van der Waals surface area (Å²) >= 11 is 1.55. The zero-order chi connectivity index (χ0) is 26.5. The lowest BCUT2D eigenvalue weighted by Crippen LogP contribution is -2.50. The van der Waals surface area contributed by atoms with Gasteiger partial charge in [-0.25, -0.2) is 9.78 Å². The van der Waals surface area contributed by atoms with E-state index in [1.54, 1.807) is 59.1 Å². The number of benzene rings is 1. The first-order valence-electron chi connectivity index (χ1n) is 13.3. The lowest BCUT2D eigenvalue weighted by Gasteiger charge is -2.34. The predicted molar refractivity (Wildman–Crippen MR) is 146 cm³/mol. The fraction of sp³-hybridized carbons (Fsp3) is 0.464. The number of thioether (sulfide) groups is 1. The van der Waals surface area contributed by atoms with E-state index >= 15 is 0 Å². The standard InChI is InChI=1S/C28H33N5O4S/c1-2-37-28(36)32-16-14-31(15-17-32)25(34)21-8-9-23-24(18-21)30-27(38-19-20-10-12-29-13-11-20)33(26(23)35)22-6-4-3-5-7-22/h8-13,18,22H,2-7,14-17,19H2,1H3.